The van der Waals surface area contributed by atoms with Gasteiger partial charge in [-0.25, -0.2) is 5.48 Å². The number of likely N-dealkylation sites (tertiary alicyclic amines) is 1. The van der Waals surface area contributed by atoms with Gasteiger partial charge in [-0.2, -0.15) is 0 Å². The normalized spacial score (nSPS) is 18.8. The molecule has 7 heteroatoms. The number of aliphatic hydroxyl groups is 1. The minimum absolute atomic E-state index is 0.110. The number of hydroxylamine groups is 1. The lowest BCUT2D eigenvalue weighted by molar-refractivity contribution is 0.0670. The first-order chi connectivity index (χ1) is 16.0. The van der Waals surface area contributed by atoms with E-state index in [1.165, 1.54) is 0 Å². The third-order valence-corrected chi connectivity index (χ3v) is 6.58. The van der Waals surface area contributed by atoms with Crippen LogP contribution in [0.2, 0.25) is 0 Å². The first-order valence-electron chi connectivity index (χ1n) is 11.3. The maximum absolute atomic E-state index is 11.9. The summed E-state index contributed by atoms with van der Waals surface area (Å²) >= 11 is 0. The van der Waals surface area contributed by atoms with Crippen LogP contribution in [0, 0.1) is 13.8 Å². The first kappa shape index (κ1) is 23.0. The number of aryl methyl sites for hydroxylation is 2. The van der Waals surface area contributed by atoms with Crippen molar-refractivity contribution in [2.24, 2.45) is 0 Å². The lowest BCUT2D eigenvalue weighted by Crippen LogP contribution is -2.37. The summed E-state index contributed by atoms with van der Waals surface area (Å²) in [4.78, 5) is 23.8. The van der Waals surface area contributed by atoms with E-state index < -0.39 is 5.91 Å². The Kier molecular flexibility index (Phi) is 7.13. The number of hydrogen-bond donors (Lipinski definition) is 3. The predicted molar refractivity (Wildman–Crippen MR) is 124 cm³/mol. The summed E-state index contributed by atoms with van der Waals surface area (Å²) in [5.41, 5.74) is 8.00. The highest BCUT2D eigenvalue weighted by atomic mass is 16.5. The van der Waals surface area contributed by atoms with Gasteiger partial charge in [0.05, 0.1) is 30.1 Å². The van der Waals surface area contributed by atoms with Gasteiger partial charge in [-0.3, -0.25) is 24.9 Å². The summed E-state index contributed by atoms with van der Waals surface area (Å²) in [6, 6.07) is 13.5. The fourth-order valence-electron chi connectivity index (χ4n) is 4.88. The summed E-state index contributed by atoms with van der Waals surface area (Å²) in [5, 5.41) is 19.0. The molecule has 2 atom stereocenters. The average Bonchev–Trinajstić information content (AvgIpc) is 2.85. The van der Waals surface area contributed by atoms with Crippen molar-refractivity contribution in [1.29, 1.82) is 0 Å². The van der Waals surface area contributed by atoms with Crippen LogP contribution in [0.25, 0.3) is 0 Å². The van der Waals surface area contributed by atoms with Crippen molar-refractivity contribution in [2.75, 3.05) is 0 Å². The van der Waals surface area contributed by atoms with Gasteiger partial charge < -0.3 is 5.11 Å². The third-order valence-electron chi connectivity index (χ3n) is 6.58. The quantitative estimate of drug-likeness (QED) is 0.388. The summed E-state index contributed by atoms with van der Waals surface area (Å²) in [5.74, 6) is -0.599. The molecule has 1 aromatic carbocycles. The van der Waals surface area contributed by atoms with E-state index in [1.54, 1.807) is 17.6 Å². The van der Waals surface area contributed by atoms with Crippen LogP contribution < -0.4 is 5.48 Å². The number of piperidine rings is 1. The fraction of sp³-hybridized carbons (Fsp3) is 0.346. The second-order valence-electron chi connectivity index (χ2n) is 8.63. The van der Waals surface area contributed by atoms with Gasteiger partial charge in [-0.1, -0.05) is 18.2 Å². The first-order valence-corrected chi connectivity index (χ1v) is 11.3. The lowest BCUT2D eigenvalue weighted by Gasteiger charge is -2.43. The van der Waals surface area contributed by atoms with E-state index in [1.807, 2.05) is 30.6 Å². The predicted octanol–water partition coefficient (Wildman–Crippen LogP) is 4.17. The van der Waals surface area contributed by atoms with Crippen LogP contribution >= 0.6 is 0 Å². The van der Waals surface area contributed by atoms with E-state index >= 15 is 0 Å². The molecule has 3 N–H and O–H groups in total. The van der Waals surface area contributed by atoms with Crippen LogP contribution in [0.3, 0.4) is 0 Å². The van der Waals surface area contributed by atoms with Crippen LogP contribution in [0.4, 0.5) is 0 Å². The lowest BCUT2D eigenvalue weighted by atomic mass is 9.88. The van der Waals surface area contributed by atoms with Gasteiger partial charge in [-0.05, 0) is 79.6 Å². The van der Waals surface area contributed by atoms with Crippen LogP contribution in [0.5, 0.6) is 0 Å². The number of carbonyl (C=O) groups excluding carboxylic acids is 1. The second-order valence-corrected chi connectivity index (χ2v) is 8.63. The Hall–Kier alpha value is -3.13. The molecule has 0 aliphatic carbocycles. The molecule has 1 aliphatic rings. The summed E-state index contributed by atoms with van der Waals surface area (Å²) in [6.45, 7) is 4.57. The number of nitrogens with one attached hydrogen (secondary N) is 1. The number of aliphatic hydroxyl groups excluding tert-OH is 1. The van der Waals surface area contributed by atoms with E-state index in [0.717, 1.165) is 47.3 Å². The number of rotatable bonds is 6. The number of carbonyl (C=O) groups is 1. The highest BCUT2D eigenvalue weighted by Gasteiger charge is 2.35. The van der Waals surface area contributed by atoms with Crippen molar-refractivity contribution in [3.8, 4) is 0 Å². The number of aromatic nitrogens is 2. The van der Waals surface area contributed by atoms with Gasteiger partial charge in [0.2, 0.25) is 0 Å². The Morgan fingerprint density at radius 3 is 2.12 bits per heavy atom. The molecule has 0 spiro atoms. The van der Waals surface area contributed by atoms with E-state index in [2.05, 4.69) is 30.9 Å². The summed E-state index contributed by atoms with van der Waals surface area (Å²) < 4.78 is 0. The Morgan fingerprint density at radius 2 is 1.61 bits per heavy atom. The van der Waals surface area contributed by atoms with Crippen molar-refractivity contribution in [2.45, 2.75) is 58.3 Å². The molecule has 4 rings (SSSR count). The fourth-order valence-corrected chi connectivity index (χ4v) is 4.88. The summed E-state index contributed by atoms with van der Waals surface area (Å²) in [6.07, 6.45) is 6.73. The molecule has 0 radical (unpaired) electrons. The van der Waals surface area contributed by atoms with Gasteiger partial charge in [0.1, 0.15) is 0 Å². The maximum atomic E-state index is 11.9. The molecule has 7 nitrogen and oxygen atoms in total. The van der Waals surface area contributed by atoms with Crippen LogP contribution in [-0.4, -0.2) is 31.1 Å². The highest BCUT2D eigenvalue weighted by molar-refractivity contribution is 5.93. The van der Waals surface area contributed by atoms with Crippen LogP contribution in [-0.2, 0) is 13.2 Å². The Labute approximate surface area is 194 Å². The van der Waals surface area contributed by atoms with E-state index in [9.17, 15) is 9.90 Å². The van der Waals surface area contributed by atoms with Gasteiger partial charge in [0.15, 0.2) is 0 Å². The molecule has 2 aromatic heterocycles. The van der Waals surface area contributed by atoms with Crippen molar-refractivity contribution in [3.63, 3.8) is 0 Å². The van der Waals surface area contributed by atoms with Gasteiger partial charge in [0, 0.05) is 24.5 Å². The number of amides is 1. The van der Waals surface area contributed by atoms with E-state index in [-0.39, 0.29) is 18.7 Å². The smallest absolute Gasteiger partial charge is 0.274 e. The number of benzene rings is 1. The van der Waals surface area contributed by atoms with Crippen molar-refractivity contribution in [3.05, 3.63) is 94.1 Å². The Bertz CT molecular complexity index is 1080. The zero-order valence-corrected chi connectivity index (χ0v) is 19.0. The number of pyridine rings is 2. The SMILES string of the molecule is Cc1cccnc1[C@H]1CCC[C@@H](c2ncccc2C)N1Cc1ccc(C(=O)NO)cc1CO. The standard InChI is InChI=1S/C26H30N4O3/c1-17-6-4-12-27-24(17)22-8-3-9-23(25-18(2)7-5-13-28-25)30(22)15-20-11-10-19(26(32)29-33)14-21(20)16-31/h4-7,10-14,22-23,31,33H,3,8-9,15-16H2,1-2H3,(H,29,32)/t22-,23+. The largest absolute Gasteiger partial charge is 0.392 e. The van der Waals surface area contributed by atoms with Crippen LogP contribution in [0.15, 0.2) is 54.9 Å². The van der Waals surface area contributed by atoms with Crippen molar-refractivity contribution < 1.29 is 15.1 Å². The van der Waals surface area contributed by atoms with Crippen molar-refractivity contribution in [1.82, 2.24) is 20.3 Å². The Morgan fingerprint density at radius 1 is 1.00 bits per heavy atom. The minimum atomic E-state index is -0.599. The zero-order valence-electron chi connectivity index (χ0n) is 19.0. The molecule has 1 saturated heterocycles. The van der Waals surface area contributed by atoms with Crippen molar-refractivity contribution >= 4 is 5.91 Å². The average molecular weight is 447 g/mol. The van der Waals surface area contributed by atoms with Gasteiger partial charge in [0.25, 0.3) is 5.91 Å². The van der Waals surface area contributed by atoms with E-state index in [4.69, 9.17) is 15.2 Å². The molecule has 0 bridgehead atoms. The molecule has 172 valence electrons. The maximum Gasteiger partial charge on any atom is 0.274 e. The minimum Gasteiger partial charge on any atom is -0.392 e. The van der Waals surface area contributed by atoms with Gasteiger partial charge >= 0.3 is 0 Å². The molecule has 3 aromatic rings. The molecule has 1 fully saturated rings. The van der Waals surface area contributed by atoms with Crippen LogP contribution in [0.1, 0.15) is 75.3 Å². The highest BCUT2D eigenvalue weighted by Crippen LogP contribution is 2.43. The molecular weight excluding hydrogens is 416 g/mol. The molecule has 0 unspecified atom stereocenters. The molecule has 0 saturated carbocycles. The Balaban J connectivity index is 1.77. The monoisotopic (exact) mass is 446 g/mol. The second kappa shape index (κ2) is 10.2. The topological polar surface area (TPSA) is 98.6 Å². The molecule has 1 amide bonds. The zero-order chi connectivity index (χ0) is 23.4. The molecule has 3 heterocycles. The molecule has 33 heavy (non-hydrogen) atoms. The summed E-state index contributed by atoms with van der Waals surface area (Å²) in [7, 11) is 0. The number of hydrogen-bond acceptors (Lipinski definition) is 6. The van der Waals surface area contributed by atoms with E-state index in [0.29, 0.717) is 17.7 Å². The third kappa shape index (κ3) is 4.80. The number of nitrogens with zero attached hydrogens (tertiary/aromatic N) is 3. The van der Waals surface area contributed by atoms with Gasteiger partial charge in [-0.15, -0.1) is 0 Å². The molecule has 1 aliphatic heterocycles. The molecular formula is C26H30N4O3.